The Morgan fingerprint density at radius 1 is 1.11 bits per heavy atom. The number of rotatable bonds is 9. The fraction of sp³-hybridized carbons (Fsp3) is 0.400. The van der Waals surface area contributed by atoms with Crippen molar-refractivity contribution in [3.8, 4) is 5.75 Å². The lowest BCUT2D eigenvalue weighted by molar-refractivity contribution is -0.127. The molecule has 0 fully saturated rings. The lowest BCUT2D eigenvalue weighted by Crippen LogP contribution is -2.40. The van der Waals surface area contributed by atoms with E-state index in [2.05, 4.69) is 45.3 Å². The second-order valence-electron chi connectivity index (χ2n) is 6.23. The number of ether oxygens (including phenoxy) is 1. The molecule has 1 heterocycles. The van der Waals surface area contributed by atoms with Crippen molar-refractivity contribution in [2.45, 2.75) is 12.8 Å². The number of hydrogen-bond acceptors (Lipinski definition) is 4. The summed E-state index contributed by atoms with van der Waals surface area (Å²) >= 11 is 1.74. The van der Waals surface area contributed by atoms with Crippen LogP contribution in [0.25, 0.3) is 0 Å². The van der Waals surface area contributed by atoms with Gasteiger partial charge in [-0.25, -0.2) is 4.99 Å². The second kappa shape index (κ2) is 11.2. The highest BCUT2D eigenvalue weighted by Gasteiger charge is 2.05. The van der Waals surface area contributed by atoms with Crippen molar-refractivity contribution in [2.24, 2.45) is 4.99 Å². The first-order valence-corrected chi connectivity index (χ1v) is 9.84. The lowest BCUT2D eigenvalue weighted by Gasteiger charge is -2.14. The Balaban J connectivity index is 1.85. The van der Waals surface area contributed by atoms with E-state index in [0.717, 1.165) is 31.7 Å². The van der Waals surface area contributed by atoms with Crippen LogP contribution in [0.2, 0.25) is 0 Å². The van der Waals surface area contributed by atoms with Crippen LogP contribution in [-0.4, -0.2) is 57.6 Å². The highest BCUT2D eigenvalue weighted by molar-refractivity contribution is 7.09. The van der Waals surface area contributed by atoms with Crippen LogP contribution in [0.1, 0.15) is 10.4 Å². The molecule has 2 aromatic rings. The lowest BCUT2D eigenvalue weighted by atomic mass is 10.1. The van der Waals surface area contributed by atoms with Gasteiger partial charge in [0.05, 0.1) is 7.11 Å². The number of amides is 1. The summed E-state index contributed by atoms with van der Waals surface area (Å²) < 4.78 is 5.18. The van der Waals surface area contributed by atoms with Gasteiger partial charge in [0.1, 0.15) is 12.3 Å². The maximum absolute atomic E-state index is 11.8. The number of nitrogens with one attached hydrogen (secondary N) is 2. The largest absolute Gasteiger partial charge is 0.497 e. The van der Waals surface area contributed by atoms with Crippen LogP contribution in [0.15, 0.2) is 46.8 Å². The number of thiophene rings is 1. The highest BCUT2D eigenvalue weighted by atomic mass is 32.1. The van der Waals surface area contributed by atoms with E-state index in [1.165, 1.54) is 10.4 Å². The molecule has 0 aliphatic carbocycles. The number of benzene rings is 1. The third-order valence-electron chi connectivity index (χ3n) is 3.98. The van der Waals surface area contributed by atoms with Crippen LogP contribution in [0.3, 0.4) is 0 Å². The number of likely N-dealkylation sites (N-methyl/N-ethyl adjacent to an activating group) is 1. The molecule has 27 heavy (non-hydrogen) atoms. The average molecular weight is 389 g/mol. The van der Waals surface area contributed by atoms with Gasteiger partial charge in [-0.05, 0) is 42.0 Å². The van der Waals surface area contributed by atoms with E-state index in [0.29, 0.717) is 5.96 Å². The van der Waals surface area contributed by atoms with Crippen molar-refractivity contribution in [1.29, 1.82) is 0 Å². The summed E-state index contributed by atoms with van der Waals surface area (Å²) in [6.07, 6.45) is 1.79. The van der Waals surface area contributed by atoms with Gasteiger partial charge in [0.2, 0.25) is 5.91 Å². The predicted molar refractivity (Wildman–Crippen MR) is 112 cm³/mol. The van der Waals surface area contributed by atoms with Crippen LogP contribution < -0.4 is 15.4 Å². The molecule has 2 rings (SSSR count). The van der Waals surface area contributed by atoms with Crippen molar-refractivity contribution >= 4 is 23.2 Å². The van der Waals surface area contributed by atoms with Crippen LogP contribution in [0.5, 0.6) is 5.75 Å². The first-order chi connectivity index (χ1) is 13.1. The molecule has 0 bridgehead atoms. The standard InChI is InChI=1S/C20H28N4O2S/c1-24(2)19(25)15-23-20(22-13-11-18-5-4-14-27-18)21-12-10-16-6-8-17(26-3)9-7-16/h4-9,14H,10-13,15H2,1-3H3,(H2,21,22,23). The van der Waals surface area contributed by atoms with Crippen molar-refractivity contribution in [3.63, 3.8) is 0 Å². The zero-order valence-corrected chi connectivity index (χ0v) is 17.0. The molecule has 146 valence electrons. The third-order valence-corrected chi connectivity index (χ3v) is 4.92. The van der Waals surface area contributed by atoms with Gasteiger partial charge < -0.3 is 20.3 Å². The molecule has 7 heteroatoms. The molecular weight excluding hydrogens is 360 g/mol. The summed E-state index contributed by atoms with van der Waals surface area (Å²) in [5.74, 6) is 1.49. The normalized spacial score (nSPS) is 11.1. The van der Waals surface area contributed by atoms with E-state index >= 15 is 0 Å². The third kappa shape index (κ3) is 7.70. The summed E-state index contributed by atoms with van der Waals surface area (Å²) in [7, 11) is 5.13. The Kier molecular flexibility index (Phi) is 8.64. The molecule has 0 spiro atoms. The smallest absolute Gasteiger partial charge is 0.243 e. The first kappa shape index (κ1) is 20.8. The molecule has 0 saturated heterocycles. The van der Waals surface area contributed by atoms with Crippen molar-refractivity contribution in [3.05, 3.63) is 52.2 Å². The molecular formula is C20H28N4O2S. The second-order valence-corrected chi connectivity index (χ2v) is 7.27. The maximum Gasteiger partial charge on any atom is 0.243 e. The molecule has 1 amide bonds. The molecule has 0 unspecified atom stereocenters. The molecule has 0 aliphatic rings. The van der Waals surface area contributed by atoms with E-state index < -0.39 is 0 Å². The van der Waals surface area contributed by atoms with Crippen LogP contribution >= 0.6 is 11.3 Å². The molecule has 0 atom stereocenters. The van der Waals surface area contributed by atoms with Crippen LogP contribution in [0.4, 0.5) is 0 Å². The van der Waals surface area contributed by atoms with Crippen LogP contribution in [0, 0.1) is 0 Å². The van der Waals surface area contributed by atoms with E-state index in [-0.39, 0.29) is 12.5 Å². The molecule has 1 aromatic carbocycles. The number of carbonyl (C=O) groups excluding carboxylic acids is 1. The number of methoxy groups -OCH3 is 1. The summed E-state index contributed by atoms with van der Waals surface area (Å²) in [6, 6.07) is 12.2. The predicted octanol–water partition coefficient (Wildman–Crippen LogP) is 2.17. The highest BCUT2D eigenvalue weighted by Crippen LogP contribution is 2.11. The number of hydrogen-bond donors (Lipinski definition) is 2. The van der Waals surface area contributed by atoms with Crippen molar-refractivity contribution in [2.75, 3.05) is 40.8 Å². The fourth-order valence-electron chi connectivity index (χ4n) is 2.34. The van der Waals surface area contributed by atoms with Gasteiger partial charge in [0.25, 0.3) is 0 Å². The Morgan fingerprint density at radius 2 is 1.81 bits per heavy atom. The number of aliphatic imine (C=N–C) groups is 1. The number of guanidine groups is 1. The SMILES string of the molecule is COc1ccc(CCNC(=NCC(=O)N(C)C)NCCc2cccs2)cc1. The van der Waals surface area contributed by atoms with E-state index in [9.17, 15) is 4.79 Å². The van der Waals surface area contributed by atoms with E-state index in [4.69, 9.17) is 4.74 Å². The Bertz CT molecular complexity index is 712. The quantitative estimate of drug-likeness (QED) is 0.510. The maximum atomic E-state index is 11.8. The van der Waals surface area contributed by atoms with Crippen LogP contribution in [-0.2, 0) is 17.6 Å². The summed E-state index contributed by atoms with van der Waals surface area (Å²) in [5, 5.41) is 8.70. The molecule has 0 radical (unpaired) electrons. The van der Waals surface area contributed by atoms with E-state index in [1.54, 1.807) is 37.4 Å². The summed E-state index contributed by atoms with van der Waals surface area (Å²) in [5.41, 5.74) is 1.21. The molecule has 0 aliphatic heterocycles. The zero-order valence-electron chi connectivity index (χ0n) is 16.2. The first-order valence-electron chi connectivity index (χ1n) is 8.96. The van der Waals surface area contributed by atoms with Crippen molar-refractivity contribution < 1.29 is 9.53 Å². The number of nitrogens with zero attached hydrogens (tertiary/aromatic N) is 2. The summed E-state index contributed by atoms with van der Waals surface area (Å²) in [4.78, 5) is 19.1. The molecule has 0 saturated carbocycles. The molecule has 1 aromatic heterocycles. The van der Waals surface area contributed by atoms with Gasteiger partial charge in [-0.3, -0.25) is 4.79 Å². The van der Waals surface area contributed by atoms with Gasteiger partial charge in [-0.15, -0.1) is 11.3 Å². The topological polar surface area (TPSA) is 66.0 Å². The Hall–Kier alpha value is -2.54. The minimum Gasteiger partial charge on any atom is -0.497 e. The van der Waals surface area contributed by atoms with Gasteiger partial charge in [0, 0.05) is 32.1 Å². The van der Waals surface area contributed by atoms with Gasteiger partial charge in [-0.1, -0.05) is 18.2 Å². The Labute approximate surface area is 165 Å². The minimum absolute atomic E-state index is 0.0236. The summed E-state index contributed by atoms with van der Waals surface area (Å²) in [6.45, 7) is 1.63. The zero-order chi connectivity index (χ0) is 19.5. The van der Waals surface area contributed by atoms with Gasteiger partial charge in [0.15, 0.2) is 5.96 Å². The van der Waals surface area contributed by atoms with Gasteiger partial charge in [-0.2, -0.15) is 0 Å². The number of carbonyl (C=O) groups is 1. The van der Waals surface area contributed by atoms with Crippen molar-refractivity contribution in [1.82, 2.24) is 15.5 Å². The van der Waals surface area contributed by atoms with Gasteiger partial charge >= 0.3 is 0 Å². The average Bonchev–Trinajstić information content (AvgIpc) is 3.19. The molecule has 2 N–H and O–H groups in total. The van der Waals surface area contributed by atoms with E-state index in [1.807, 2.05) is 12.1 Å². The minimum atomic E-state index is -0.0236. The fourth-order valence-corrected chi connectivity index (χ4v) is 3.05. The molecule has 6 nitrogen and oxygen atoms in total. The Morgan fingerprint density at radius 3 is 2.41 bits per heavy atom. The monoisotopic (exact) mass is 388 g/mol.